The number of fused-ring (bicyclic) bond motifs is 1. The van der Waals surface area contributed by atoms with Crippen LogP contribution in [0.5, 0.6) is 0 Å². The minimum absolute atomic E-state index is 0.322. The summed E-state index contributed by atoms with van der Waals surface area (Å²) in [5.74, 6) is -0.322. The molecule has 4 nitrogen and oxygen atoms in total. The number of methoxy groups -OCH3 is 1. The van der Waals surface area contributed by atoms with E-state index in [0.29, 0.717) is 18.7 Å². The maximum atomic E-state index is 11.3. The van der Waals surface area contributed by atoms with Gasteiger partial charge in [-0.25, -0.2) is 4.79 Å². The Morgan fingerprint density at radius 2 is 2.33 bits per heavy atom. The molecule has 1 aliphatic rings. The standard InChI is InChI=1S/C11H13NO3/c1-14-11(13)10-5-7-2-3-9(12)4-8(7)6-15-10/h2-4,10H,5-6,12H2,1H3/t10-/m0/s1. The molecular formula is C11H13NO3. The molecule has 0 radical (unpaired) electrons. The number of nitrogen functional groups attached to an aromatic ring is 1. The molecule has 0 saturated carbocycles. The highest BCUT2D eigenvalue weighted by Gasteiger charge is 2.25. The molecule has 0 aliphatic carbocycles. The second kappa shape index (κ2) is 3.90. The predicted molar refractivity (Wildman–Crippen MR) is 55.2 cm³/mol. The molecule has 4 heteroatoms. The van der Waals surface area contributed by atoms with Crippen molar-refractivity contribution in [2.75, 3.05) is 12.8 Å². The first-order valence-corrected chi connectivity index (χ1v) is 4.77. The van der Waals surface area contributed by atoms with Gasteiger partial charge in [0.15, 0.2) is 6.10 Å². The van der Waals surface area contributed by atoms with Gasteiger partial charge >= 0.3 is 5.97 Å². The number of anilines is 1. The maximum Gasteiger partial charge on any atom is 0.335 e. The number of esters is 1. The first-order valence-electron chi connectivity index (χ1n) is 4.77. The first kappa shape index (κ1) is 9.98. The molecule has 0 saturated heterocycles. The highest BCUT2D eigenvalue weighted by molar-refractivity contribution is 5.75. The fourth-order valence-electron chi connectivity index (χ4n) is 1.71. The normalized spacial score (nSPS) is 19.4. The molecule has 80 valence electrons. The van der Waals surface area contributed by atoms with E-state index in [1.165, 1.54) is 7.11 Å². The van der Waals surface area contributed by atoms with Crippen molar-refractivity contribution in [3.8, 4) is 0 Å². The summed E-state index contributed by atoms with van der Waals surface area (Å²) < 4.78 is 10.0. The summed E-state index contributed by atoms with van der Waals surface area (Å²) in [6, 6.07) is 5.64. The zero-order chi connectivity index (χ0) is 10.8. The van der Waals surface area contributed by atoms with E-state index in [1.54, 1.807) is 0 Å². The molecule has 1 heterocycles. The molecule has 0 amide bonds. The third-order valence-electron chi connectivity index (χ3n) is 2.54. The van der Waals surface area contributed by atoms with Gasteiger partial charge in [-0.15, -0.1) is 0 Å². The van der Waals surface area contributed by atoms with E-state index < -0.39 is 6.10 Å². The molecule has 0 bridgehead atoms. The van der Waals surface area contributed by atoms with E-state index in [4.69, 9.17) is 10.5 Å². The number of hydrogen-bond acceptors (Lipinski definition) is 4. The predicted octanol–water partition coefficient (Wildman–Crippen LogP) is 0.883. The molecule has 2 N–H and O–H groups in total. The van der Waals surface area contributed by atoms with Crippen molar-refractivity contribution in [1.29, 1.82) is 0 Å². The van der Waals surface area contributed by atoms with Crippen molar-refractivity contribution in [3.05, 3.63) is 29.3 Å². The van der Waals surface area contributed by atoms with Gasteiger partial charge in [0, 0.05) is 12.1 Å². The minimum Gasteiger partial charge on any atom is -0.467 e. The summed E-state index contributed by atoms with van der Waals surface area (Å²) in [6.45, 7) is 0.417. The molecule has 1 atom stereocenters. The molecule has 1 aliphatic heterocycles. The molecule has 0 unspecified atom stereocenters. The molecule has 2 rings (SSSR count). The summed E-state index contributed by atoms with van der Waals surface area (Å²) in [6.07, 6.45) is 0.0774. The van der Waals surface area contributed by atoms with Crippen molar-refractivity contribution < 1.29 is 14.3 Å². The number of hydrogen-bond donors (Lipinski definition) is 1. The van der Waals surface area contributed by atoms with Gasteiger partial charge in [0.2, 0.25) is 0 Å². The smallest absolute Gasteiger partial charge is 0.335 e. The molecule has 0 spiro atoms. The van der Waals surface area contributed by atoms with Crippen LogP contribution in [0.15, 0.2) is 18.2 Å². The van der Waals surface area contributed by atoms with E-state index in [-0.39, 0.29) is 5.97 Å². The van der Waals surface area contributed by atoms with Crippen LogP contribution in [0.1, 0.15) is 11.1 Å². The van der Waals surface area contributed by atoms with Crippen LogP contribution in [-0.2, 0) is 27.3 Å². The Kier molecular flexibility index (Phi) is 2.60. The lowest BCUT2D eigenvalue weighted by molar-refractivity contribution is -0.155. The Bertz CT molecular complexity index is 389. The van der Waals surface area contributed by atoms with Crippen LogP contribution in [0.3, 0.4) is 0 Å². The van der Waals surface area contributed by atoms with Crippen molar-refractivity contribution in [3.63, 3.8) is 0 Å². The van der Waals surface area contributed by atoms with Crippen LogP contribution >= 0.6 is 0 Å². The molecular weight excluding hydrogens is 194 g/mol. The Hall–Kier alpha value is -1.55. The Morgan fingerprint density at radius 1 is 1.53 bits per heavy atom. The fraction of sp³-hybridized carbons (Fsp3) is 0.364. The summed E-state index contributed by atoms with van der Waals surface area (Å²) in [5.41, 5.74) is 8.53. The van der Waals surface area contributed by atoms with E-state index in [0.717, 1.165) is 11.1 Å². The second-order valence-corrected chi connectivity index (χ2v) is 3.56. The molecule has 0 aromatic heterocycles. The van der Waals surface area contributed by atoms with Gasteiger partial charge < -0.3 is 15.2 Å². The van der Waals surface area contributed by atoms with Crippen LogP contribution < -0.4 is 5.73 Å². The summed E-state index contributed by atoms with van der Waals surface area (Å²) >= 11 is 0. The number of nitrogens with two attached hydrogens (primary N) is 1. The van der Waals surface area contributed by atoms with Crippen LogP contribution in [-0.4, -0.2) is 19.2 Å². The van der Waals surface area contributed by atoms with Crippen molar-refractivity contribution >= 4 is 11.7 Å². The molecule has 1 aromatic carbocycles. The van der Waals surface area contributed by atoms with Gasteiger partial charge in [0.25, 0.3) is 0 Å². The Balaban J connectivity index is 2.20. The topological polar surface area (TPSA) is 61.5 Å². The number of rotatable bonds is 1. The zero-order valence-corrected chi connectivity index (χ0v) is 8.53. The maximum absolute atomic E-state index is 11.3. The van der Waals surface area contributed by atoms with Gasteiger partial charge in [-0.2, -0.15) is 0 Å². The minimum atomic E-state index is -0.480. The Labute approximate surface area is 88.0 Å². The van der Waals surface area contributed by atoms with Crippen molar-refractivity contribution in [1.82, 2.24) is 0 Å². The lowest BCUT2D eigenvalue weighted by Gasteiger charge is -2.23. The van der Waals surface area contributed by atoms with Gasteiger partial charge in [-0.1, -0.05) is 6.07 Å². The van der Waals surface area contributed by atoms with E-state index in [1.807, 2.05) is 18.2 Å². The fourth-order valence-corrected chi connectivity index (χ4v) is 1.71. The lowest BCUT2D eigenvalue weighted by Crippen LogP contribution is -2.31. The largest absolute Gasteiger partial charge is 0.467 e. The molecule has 15 heavy (non-hydrogen) atoms. The Morgan fingerprint density at radius 3 is 3.07 bits per heavy atom. The summed E-state index contributed by atoms with van der Waals surface area (Å²) in [4.78, 5) is 11.3. The average Bonchev–Trinajstić information content (AvgIpc) is 2.27. The number of ether oxygens (including phenoxy) is 2. The van der Waals surface area contributed by atoms with E-state index >= 15 is 0 Å². The monoisotopic (exact) mass is 207 g/mol. The zero-order valence-electron chi connectivity index (χ0n) is 8.53. The van der Waals surface area contributed by atoms with Crippen LogP contribution in [0.2, 0.25) is 0 Å². The third-order valence-corrected chi connectivity index (χ3v) is 2.54. The van der Waals surface area contributed by atoms with Gasteiger partial charge in [-0.3, -0.25) is 0 Å². The summed E-state index contributed by atoms with van der Waals surface area (Å²) in [7, 11) is 1.37. The van der Waals surface area contributed by atoms with Crippen LogP contribution in [0, 0.1) is 0 Å². The van der Waals surface area contributed by atoms with Crippen molar-refractivity contribution in [2.45, 2.75) is 19.1 Å². The number of carbonyl (C=O) groups excluding carboxylic acids is 1. The van der Waals surface area contributed by atoms with Crippen LogP contribution in [0.25, 0.3) is 0 Å². The SMILES string of the molecule is COC(=O)[C@@H]1Cc2ccc(N)cc2CO1. The van der Waals surface area contributed by atoms with E-state index in [2.05, 4.69) is 4.74 Å². The highest BCUT2D eigenvalue weighted by Crippen LogP contribution is 2.23. The molecule has 0 fully saturated rings. The van der Waals surface area contributed by atoms with Gasteiger partial charge in [0.1, 0.15) is 0 Å². The average molecular weight is 207 g/mol. The lowest BCUT2D eigenvalue weighted by atomic mass is 9.98. The molecule has 1 aromatic rings. The van der Waals surface area contributed by atoms with E-state index in [9.17, 15) is 4.79 Å². The van der Waals surface area contributed by atoms with Crippen LogP contribution in [0.4, 0.5) is 5.69 Å². The van der Waals surface area contributed by atoms with Gasteiger partial charge in [0.05, 0.1) is 13.7 Å². The number of benzene rings is 1. The third kappa shape index (κ3) is 1.94. The first-order chi connectivity index (χ1) is 7.20. The second-order valence-electron chi connectivity index (χ2n) is 3.56. The quantitative estimate of drug-likeness (QED) is 0.548. The van der Waals surface area contributed by atoms with Gasteiger partial charge in [-0.05, 0) is 23.3 Å². The van der Waals surface area contributed by atoms with Crippen molar-refractivity contribution in [2.24, 2.45) is 0 Å². The number of carbonyl (C=O) groups is 1. The highest BCUT2D eigenvalue weighted by atomic mass is 16.6. The summed E-state index contributed by atoms with van der Waals surface area (Å²) in [5, 5.41) is 0.